The van der Waals surface area contributed by atoms with Crippen molar-refractivity contribution < 1.29 is 14.3 Å². The van der Waals surface area contributed by atoms with E-state index in [9.17, 15) is 9.59 Å². The van der Waals surface area contributed by atoms with Gasteiger partial charge < -0.3 is 9.64 Å². The number of aryl methyl sites for hydroxylation is 3. The molecule has 1 amide bonds. The van der Waals surface area contributed by atoms with Gasteiger partial charge in [0.05, 0.1) is 24.7 Å². The summed E-state index contributed by atoms with van der Waals surface area (Å²) >= 11 is 1.66. The molecule has 0 bridgehead atoms. The molecule has 2 aromatic heterocycles. The van der Waals surface area contributed by atoms with Gasteiger partial charge in [-0.05, 0) is 44.2 Å². The summed E-state index contributed by atoms with van der Waals surface area (Å²) in [4.78, 5) is 27.4. The first-order chi connectivity index (χ1) is 12.0. The molecule has 0 N–H and O–H groups in total. The van der Waals surface area contributed by atoms with Crippen LogP contribution in [0.25, 0.3) is 0 Å². The van der Waals surface area contributed by atoms with E-state index in [1.165, 1.54) is 4.88 Å². The van der Waals surface area contributed by atoms with Gasteiger partial charge in [-0.1, -0.05) is 6.07 Å². The zero-order valence-electron chi connectivity index (χ0n) is 14.6. The van der Waals surface area contributed by atoms with Crippen molar-refractivity contribution in [3.63, 3.8) is 0 Å². The number of ether oxygens (including phenoxy) is 1. The third-order valence-electron chi connectivity index (χ3n) is 4.43. The maximum absolute atomic E-state index is 12.4. The molecule has 6 nitrogen and oxygen atoms in total. The fraction of sp³-hybridized carbons (Fsp3) is 0.500. The van der Waals surface area contributed by atoms with E-state index in [2.05, 4.69) is 11.2 Å². The van der Waals surface area contributed by atoms with Gasteiger partial charge in [0, 0.05) is 17.1 Å². The largest absolute Gasteiger partial charge is 0.456 e. The minimum atomic E-state index is -0.368. The van der Waals surface area contributed by atoms with Crippen molar-refractivity contribution in [2.24, 2.45) is 0 Å². The lowest BCUT2D eigenvalue weighted by atomic mass is 10.2. The molecule has 0 aliphatic carbocycles. The number of aromatic nitrogens is 2. The SMILES string of the molecule is Cc1cc(C)n(CCC(=O)OCC(=O)N2CCCC2c2cccs2)n1. The van der Waals surface area contributed by atoms with E-state index in [1.54, 1.807) is 16.0 Å². The molecule has 7 heteroatoms. The van der Waals surface area contributed by atoms with E-state index in [0.717, 1.165) is 30.8 Å². The Morgan fingerprint density at radius 2 is 2.24 bits per heavy atom. The molecule has 134 valence electrons. The number of amides is 1. The highest BCUT2D eigenvalue weighted by molar-refractivity contribution is 7.10. The number of carbonyl (C=O) groups is 2. The lowest BCUT2D eigenvalue weighted by molar-refractivity contribution is -0.152. The van der Waals surface area contributed by atoms with Crippen LogP contribution in [0.2, 0.25) is 0 Å². The highest BCUT2D eigenvalue weighted by atomic mass is 32.1. The van der Waals surface area contributed by atoms with Crippen LogP contribution in [0.4, 0.5) is 0 Å². The lowest BCUT2D eigenvalue weighted by Gasteiger charge is -2.23. The molecule has 0 spiro atoms. The molecule has 2 aromatic rings. The summed E-state index contributed by atoms with van der Waals surface area (Å²) < 4.78 is 6.97. The number of likely N-dealkylation sites (tertiary alicyclic amines) is 1. The second-order valence-electron chi connectivity index (χ2n) is 6.32. The number of rotatable bonds is 6. The number of hydrogen-bond acceptors (Lipinski definition) is 5. The summed E-state index contributed by atoms with van der Waals surface area (Å²) in [7, 11) is 0. The molecule has 0 saturated carbocycles. The fourth-order valence-corrected chi connectivity index (χ4v) is 4.11. The van der Waals surface area contributed by atoms with Crippen LogP contribution in [0.3, 0.4) is 0 Å². The number of carbonyl (C=O) groups excluding carboxylic acids is 2. The normalized spacial score (nSPS) is 17.0. The zero-order valence-corrected chi connectivity index (χ0v) is 15.4. The molecule has 1 unspecified atom stereocenters. The molecule has 1 aliphatic rings. The average molecular weight is 361 g/mol. The van der Waals surface area contributed by atoms with E-state index in [1.807, 2.05) is 36.3 Å². The molecule has 3 heterocycles. The van der Waals surface area contributed by atoms with Crippen LogP contribution in [0, 0.1) is 13.8 Å². The van der Waals surface area contributed by atoms with Gasteiger partial charge in [-0.3, -0.25) is 14.3 Å². The second kappa shape index (κ2) is 7.82. The quantitative estimate of drug-likeness (QED) is 0.742. The Hall–Kier alpha value is -2.15. The molecule has 0 aromatic carbocycles. The highest BCUT2D eigenvalue weighted by Crippen LogP contribution is 2.34. The van der Waals surface area contributed by atoms with E-state index >= 15 is 0 Å². The summed E-state index contributed by atoms with van der Waals surface area (Å²) in [5.41, 5.74) is 1.94. The third-order valence-corrected chi connectivity index (χ3v) is 5.41. The molecule has 1 aliphatic heterocycles. The standard InChI is InChI=1S/C18H23N3O3S/c1-13-11-14(2)21(19-13)9-7-18(23)24-12-17(22)20-8-3-5-15(20)16-6-4-10-25-16/h4,6,10-11,15H,3,5,7-9,12H2,1-2H3. The molecule has 1 fully saturated rings. The van der Waals surface area contributed by atoms with Gasteiger partial charge in [-0.2, -0.15) is 5.10 Å². The van der Waals surface area contributed by atoms with Crippen LogP contribution in [-0.2, 0) is 20.9 Å². The van der Waals surface area contributed by atoms with Crippen LogP contribution < -0.4 is 0 Å². The first-order valence-electron chi connectivity index (χ1n) is 8.54. The predicted molar refractivity (Wildman–Crippen MR) is 95.3 cm³/mol. The van der Waals surface area contributed by atoms with E-state index in [4.69, 9.17) is 4.74 Å². The number of hydrogen-bond donors (Lipinski definition) is 0. The molecular formula is C18H23N3O3S. The van der Waals surface area contributed by atoms with Crippen LogP contribution in [0.5, 0.6) is 0 Å². The Morgan fingerprint density at radius 3 is 2.92 bits per heavy atom. The molecule has 1 saturated heterocycles. The Balaban J connectivity index is 1.47. The van der Waals surface area contributed by atoms with Gasteiger partial charge in [0.25, 0.3) is 5.91 Å². The number of thiophene rings is 1. The summed E-state index contributed by atoms with van der Waals surface area (Å²) in [6, 6.07) is 6.15. The van der Waals surface area contributed by atoms with E-state index in [-0.39, 0.29) is 30.9 Å². The van der Waals surface area contributed by atoms with Crippen molar-refractivity contribution in [3.8, 4) is 0 Å². The van der Waals surface area contributed by atoms with Crippen molar-refractivity contribution in [1.29, 1.82) is 0 Å². The Kier molecular flexibility index (Phi) is 5.53. The molecule has 25 heavy (non-hydrogen) atoms. The molecular weight excluding hydrogens is 338 g/mol. The second-order valence-corrected chi connectivity index (χ2v) is 7.30. The van der Waals surface area contributed by atoms with Crippen LogP contribution in [0.1, 0.15) is 41.6 Å². The Labute approximate surface area is 151 Å². The topological polar surface area (TPSA) is 64.4 Å². The van der Waals surface area contributed by atoms with Gasteiger partial charge >= 0.3 is 5.97 Å². The van der Waals surface area contributed by atoms with Gasteiger partial charge in [-0.15, -0.1) is 11.3 Å². The average Bonchev–Trinajstić information content (AvgIpc) is 3.31. The van der Waals surface area contributed by atoms with Gasteiger partial charge in [0.15, 0.2) is 6.61 Å². The number of nitrogens with zero attached hydrogens (tertiary/aromatic N) is 3. The monoisotopic (exact) mass is 361 g/mol. The summed E-state index contributed by atoms with van der Waals surface area (Å²) in [6.07, 6.45) is 2.17. The highest BCUT2D eigenvalue weighted by Gasteiger charge is 2.30. The van der Waals surface area contributed by atoms with Gasteiger partial charge in [0.1, 0.15) is 0 Å². The predicted octanol–water partition coefficient (Wildman–Crippen LogP) is 2.86. The van der Waals surface area contributed by atoms with Crippen molar-refractivity contribution >= 4 is 23.2 Å². The summed E-state index contributed by atoms with van der Waals surface area (Å²) in [6.45, 7) is 4.88. The van der Waals surface area contributed by atoms with Crippen molar-refractivity contribution in [3.05, 3.63) is 39.8 Å². The smallest absolute Gasteiger partial charge is 0.308 e. The van der Waals surface area contributed by atoms with Crippen molar-refractivity contribution in [1.82, 2.24) is 14.7 Å². The molecule has 3 rings (SSSR count). The Morgan fingerprint density at radius 1 is 1.40 bits per heavy atom. The first kappa shape index (κ1) is 17.7. The van der Waals surface area contributed by atoms with Crippen molar-refractivity contribution in [2.45, 2.75) is 45.7 Å². The number of esters is 1. The van der Waals surface area contributed by atoms with Crippen LogP contribution in [-0.4, -0.2) is 39.7 Å². The zero-order chi connectivity index (χ0) is 17.8. The first-order valence-corrected chi connectivity index (χ1v) is 9.42. The van der Waals surface area contributed by atoms with Gasteiger partial charge in [-0.25, -0.2) is 0 Å². The van der Waals surface area contributed by atoms with Crippen molar-refractivity contribution in [2.75, 3.05) is 13.2 Å². The maximum atomic E-state index is 12.4. The van der Waals surface area contributed by atoms with Gasteiger partial charge in [0.2, 0.25) is 0 Å². The fourth-order valence-electron chi connectivity index (χ4n) is 3.24. The minimum absolute atomic E-state index is 0.115. The Bertz CT molecular complexity index is 739. The van der Waals surface area contributed by atoms with Crippen LogP contribution in [0.15, 0.2) is 23.6 Å². The minimum Gasteiger partial charge on any atom is -0.456 e. The van der Waals surface area contributed by atoms with Crippen LogP contribution >= 0.6 is 11.3 Å². The summed E-state index contributed by atoms with van der Waals surface area (Å²) in [5.74, 6) is -0.483. The third kappa shape index (κ3) is 4.28. The molecule has 0 radical (unpaired) electrons. The van der Waals surface area contributed by atoms with E-state index < -0.39 is 0 Å². The summed E-state index contributed by atoms with van der Waals surface area (Å²) in [5, 5.41) is 6.34. The molecule has 1 atom stereocenters. The maximum Gasteiger partial charge on any atom is 0.308 e. The lowest BCUT2D eigenvalue weighted by Crippen LogP contribution is -2.34. The van der Waals surface area contributed by atoms with E-state index in [0.29, 0.717) is 6.54 Å².